The monoisotopic (exact) mass is 884 g/mol. The van der Waals surface area contributed by atoms with E-state index in [4.69, 9.17) is 4.74 Å². The Morgan fingerprint density at radius 3 is 2.48 bits per heavy atom. The second kappa shape index (κ2) is 17.3. The van der Waals surface area contributed by atoms with Gasteiger partial charge in [-0.05, 0) is 78.7 Å². The van der Waals surface area contributed by atoms with Gasteiger partial charge in [-0.2, -0.15) is 12.7 Å². The van der Waals surface area contributed by atoms with Crippen LogP contribution in [-0.2, 0) is 39.2 Å². The van der Waals surface area contributed by atoms with E-state index in [0.717, 1.165) is 84.4 Å². The Morgan fingerprint density at radius 2 is 1.75 bits per heavy atom. The summed E-state index contributed by atoms with van der Waals surface area (Å²) < 4.78 is 78.8. The van der Waals surface area contributed by atoms with Gasteiger partial charge in [0.2, 0.25) is 11.8 Å². The van der Waals surface area contributed by atoms with Crippen molar-refractivity contribution in [2.45, 2.75) is 57.3 Å². The third-order valence-electron chi connectivity index (χ3n) is 12.6. The highest BCUT2D eigenvalue weighted by Crippen LogP contribution is 2.38. The number of halogens is 3. The largest absolute Gasteiger partial charge is 0.496 e. The molecular formula is C45H47F3N8O6S. The van der Waals surface area contributed by atoms with Crippen molar-refractivity contribution in [1.82, 2.24) is 29.4 Å². The summed E-state index contributed by atoms with van der Waals surface area (Å²) in [5.41, 5.74) is 5.61. The van der Waals surface area contributed by atoms with Crippen molar-refractivity contribution >= 4 is 50.3 Å². The van der Waals surface area contributed by atoms with E-state index in [1.54, 1.807) is 19.5 Å². The maximum absolute atomic E-state index is 15.7. The van der Waals surface area contributed by atoms with Crippen molar-refractivity contribution in [3.05, 3.63) is 106 Å². The zero-order chi connectivity index (χ0) is 44.0. The first kappa shape index (κ1) is 42.3. The lowest BCUT2D eigenvalue weighted by atomic mass is 10.00. The number of H-pyrrole nitrogens is 1. The zero-order valence-corrected chi connectivity index (χ0v) is 35.4. The van der Waals surface area contributed by atoms with Crippen LogP contribution in [0.1, 0.15) is 58.3 Å². The number of piperidine rings is 1. The molecule has 330 valence electrons. The van der Waals surface area contributed by atoms with Crippen LogP contribution >= 0.6 is 0 Å². The Bertz CT molecular complexity index is 2710. The first-order valence-electron chi connectivity index (χ1n) is 21.1. The summed E-state index contributed by atoms with van der Waals surface area (Å²) in [5, 5.41) is 3.03. The van der Waals surface area contributed by atoms with Gasteiger partial charge in [-0.25, -0.2) is 18.2 Å². The van der Waals surface area contributed by atoms with Crippen LogP contribution < -0.4 is 19.7 Å². The van der Waals surface area contributed by atoms with Gasteiger partial charge in [-0.1, -0.05) is 24.3 Å². The number of carbonyl (C=O) groups is 3. The molecule has 3 N–H and O–H groups in total. The number of amides is 3. The number of hydrogen-bond donors (Lipinski definition) is 3. The van der Waals surface area contributed by atoms with E-state index in [9.17, 15) is 27.2 Å². The number of aromatic amines is 1. The summed E-state index contributed by atoms with van der Waals surface area (Å²) in [7, 11) is -2.69. The summed E-state index contributed by atoms with van der Waals surface area (Å²) in [5.74, 6) is -2.40. The minimum atomic E-state index is -4.23. The molecule has 3 amide bonds. The van der Waals surface area contributed by atoms with Crippen LogP contribution in [0.3, 0.4) is 0 Å². The Hall–Kier alpha value is -5.98. The first-order valence-corrected chi connectivity index (χ1v) is 22.6. The summed E-state index contributed by atoms with van der Waals surface area (Å²) >= 11 is 0. The summed E-state index contributed by atoms with van der Waals surface area (Å²) in [4.78, 5) is 51.6. The second-order valence-corrected chi connectivity index (χ2v) is 18.2. The Balaban J connectivity index is 0.789. The van der Waals surface area contributed by atoms with Crippen LogP contribution in [0, 0.1) is 11.6 Å². The normalized spacial score (nSPS) is 19.8. The molecule has 4 aliphatic rings. The van der Waals surface area contributed by atoms with Crippen LogP contribution in [0.2, 0.25) is 0 Å². The number of pyridine rings is 1. The third kappa shape index (κ3) is 8.58. The number of methoxy groups -OCH3 is 1. The van der Waals surface area contributed by atoms with Crippen LogP contribution in [-0.4, -0.2) is 115 Å². The summed E-state index contributed by atoms with van der Waals surface area (Å²) in [6.07, 6.45) is 4.33. The lowest BCUT2D eigenvalue weighted by molar-refractivity contribution is -0.136. The molecule has 0 spiro atoms. The number of benzene rings is 3. The average molecular weight is 885 g/mol. The molecule has 18 heteroatoms. The number of carbonyl (C=O) groups excluding carboxylic acids is 3. The van der Waals surface area contributed by atoms with Gasteiger partial charge in [0.25, 0.3) is 5.91 Å². The lowest BCUT2D eigenvalue weighted by Crippen LogP contribution is -2.52. The molecule has 3 saturated heterocycles. The number of hydrogen-bond acceptors (Lipinski definition) is 9. The van der Waals surface area contributed by atoms with Crippen molar-refractivity contribution in [3.63, 3.8) is 0 Å². The van der Waals surface area contributed by atoms with Gasteiger partial charge in [-0.3, -0.25) is 29.3 Å². The standard InChI is InChI=1S/C45H47F3N8O6S/c1-62-39-22-33(19-31-25-56(45(59)41(31)39)38-10-11-40(57)51-44(38)58)54-17-15-53(16-18-54)13-2-3-27-4-6-28(7-5-27)29-20-34-30(24-50-43(34)49-23-29)21-35-36(47)8-9-37(42(35)48)52-63(60,61)55-14-12-32(46)26-55/h4-9,19-20,22-24,32,38,52H,2-3,10-18,21,25-26H2,1H3,(H,49,50)(H,51,57,58)/t32-,38?/m1/s1. The second-order valence-electron chi connectivity index (χ2n) is 16.6. The van der Waals surface area contributed by atoms with Gasteiger partial charge >= 0.3 is 10.2 Å². The fourth-order valence-corrected chi connectivity index (χ4v) is 10.4. The predicted molar refractivity (Wildman–Crippen MR) is 230 cm³/mol. The highest BCUT2D eigenvalue weighted by Gasteiger charge is 2.41. The lowest BCUT2D eigenvalue weighted by Gasteiger charge is -2.36. The smallest absolute Gasteiger partial charge is 0.301 e. The van der Waals surface area contributed by atoms with Gasteiger partial charge in [0, 0.05) is 99.3 Å². The number of piperazine rings is 1. The molecule has 14 nitrogen and oxygen atoms in total. The summed E-state index contributed by atoms with van der Waals surface area (Å²) in [6, 6.07) is 15.4. The number of anilines is 2. The van der Waals surface area contributed by atoms with Crippen molar-refractivity contribution in [2.75, 3.05) is 62.5 Å². The van der Waals surface area contributed by atoms with Crippen molar-refractivity contribution < 1.29 is 40.7 Å². The molecule has 0 bridgehead atoms. The van der Waals surface area contributed by atoms with Gasteiger partial charge in [0.1, 0.15) is 29.4 Å². The minimum Gasteiger partial charge on any atom is -0.496 e. The number of aromatic nitrogens is 2. The molecule has 0 aliphatic carbocycles. The number of nitrogens with zero attached hydrogens (tertiary/aromatic N) is 5. The molecule has 1 unspecified atom stereocenters. The van der Waals surface area contributed by atoms with E-state index in [0.29, 0.717) is 34.3 Å². The van der Waals surface area contributed by atoms with E-state index in [2.05, 4.69) is 41.9 Å². The van der Waals surface area contributed by atoms with E-state index in [1.165, 1.54) is 10.5 Å². The molecule has 6 heterocycles. The van der Waals surface area contributed by atoms with Crippen molar-refractivity contribution in [2.24, 2.45) is 0 Å². The number of fused-ring (bicyclic) bond motifs is 2. The average Bonchev–Trinajstić information content (AvgIpc) is 4.00. The van der Waals surface area contributed by atoms with E-state index < -0.39 is 45.7 Å². The molecule has 4 aliphatic heterocycles. The quantitative estimate of drug-likeness (QED) is 0.133. The molecule has 3 aromatic carbocycles. The van der Waals surface area contributed by atoms with Gasteiger partial charge < -0.3 is 19.5 Å². The Kier molecular flexibility index (Phi) is 11.6. The van der Waals surface area contributed by atoms with Gasteiger partial charge in [0.05, 0.1) is 18.4 Å². The molecule has 2 aromatic heterocycles. The van der Waals surface area contributed by atoms with Crippen molar-refractivity contribution in [1.29, 1.82) is 0 Å². The fourth-order valence-electron chi connectivity index (χ4n) is 9.10. The van der Waals surface area contributed by atoms with Crippen LogP contribution in [0.5, 0.6) is 5.75 Å². The molecule has 0 saturated carbocycles. The zero-order valence-electron chi connectivity index (χ0n) is 34.6. The molecular weight excluding hydrogens is 838 g/mol. The summed E-state index contributed by atoms with van der Waals surface area (Å²) in [6.45, 7) is 4.24. The highest BCUT2D eigenvalue weighted by molar-refractivity contribution is 7.90. The minimum absolute atomic E-state index is 0.0280. The van der Waals surface area contributed by atoms with Crippen LogP contribution in [0.25, 0.3) is 22.2 Å². The topological polar surface area (TPSA) is 160 Å². The molecule has 5 aromatic rings. The SMILES string of the molecule is COc1cc(N2CCN(CCCc3ccc(-c4cnc5[nH]cc(Cc6c(F)ccc(NS(=O)(=O)N7CC[C@@H](F)C7)c6F)c5c4)cc3)CC2)cc2c1C(=O)N(C1CCC(=O)NC1=O)C2. The third-order valence-corrected chi connectivity index (χ3v) is 14.1. The maximum Gasteiger partial charge on any atom is 0.301 e. The number of rotatable bonds is 13. The maximum atomic E-state index is 15.7. The highest BCUT2D eigenvalue weighted by atomic mass is 32.2. The number of nitrogens with one attached hydrogen (secondary N) is 3. The van der Waals surface area contributed by atoms with Crippen molar-refractivity contribution in [3.8, 4) is 16.9 Å². The Morgan fingerprint density at radius 1 is 0.952 bits per heavy atom. The molecule has 2 atom stereocenters. The number of imide groups is 1. The van der Waals surface area contributed by atoms with E-state index in [-0.39, 0.29) is 56.3 Å². The molecule has 63 heavy (non-hydrogen) atoms. The first-order chi connectivity index (χ1) is 30.3. The van der Waals surface area contributed by atoms with E-state index >= 15 is 8.78 Å². The number of ether oxygens (including phenoxy) is 1. The van der Waals surface area contributed by atoms with Crippen LogP contribution in [0.15, 0.2) is 67.0 Å². The predicted octanol–water partition coefficient (Wildman–Crippen LogP) is 5.32. The van der Waals surface area contributed by atoms with Gasteiger partial charge in [0.15, 0.2) is 5.82 Å². The number of alkyl halides is 1. The Labute approximate surface area is 362 Å². The molecule has 0 radical (unpaired) electrons. The number of aryl methyl sites for hydroxylation is 1. The van der Waals surface area contributed by atoms with Crippen LogP contribution in [0.4, 0.5) is 24.5 Å². The van der Waals surface area contributed by atoms with E-state index in [1.807, 2.05) is 30.3 Å². The fraction of sp³-hybridized carbons (Fsp3) is 0.378. The molecule has 9 rings (SSSR count). The van der Waals surface area contributed by atoms with Gasteiger partial charge in [-0.15, -0.1) is 0 Å². The molecule has 3 fully saturated rings.